The number of oxazole rings is 1. The molecule has 0 unspecified atom stereocenters. The number of nitrogens with one attached hydrogen (secondary N) is 1. The SMILES string of the molecule is CN(C)[C@@H](CNC(=O)CCc1ncc(-c2ccccc2)o1)c1ccco1. The van der Waals surface area contributed by atoms with Crippen LogP contribution in [0.2, 0.25) is 0 Å². The fourth-order valence-electron chi connectivity index (χ4n) is 2.70. The molecule has 3 rings (SSSR count). The highest BCUT2D eigenvalue weighted by molar-refractivity contribution is 5.76. The second-order valence-electron chi connectivity index (χ2n) is 6.28. The molecule has 0 aliphatic heterocycles. The molecule has 6 nitrogen and oxygen atoms in total. The molecule has 26 heavy (non-hydrogen) atoms. The maximum atomic E-state index is 12.2. The van der Waals surface area contributed by atoms with Crippen molar-refractivity contribution in [2.24, 2.45) is 0 Å². The Labute approximate surface area is 152 Å². The van der Waals surface area contributed by atoms with E-state index in [4.69, 9.17) is 8.83 Å². The number of furan rings is 1. The van der Waals surface area contributed by atoms with Crippen LogP contribution in [0.3, 0.4) is 0 Å². The Morgan fingerprint density at radius 2 is 2.00 bits per heavy atom. The zero-order valence-corrected chi connectivity index (χ0v) is 15.0. The minimum absolute atomic E-state index is 0.000344. The summed E-state index contributed by atoms with van der Waals surface area (Å²) in [5.74, 6) is 2.07. The van der Waals surface area contributed by atoms with Crippen LogP contribution < -0.4 is 5.32 Å². The van der Waals surface area contributed by atoms with E-state index < -0.39 is 0 Å². The van der Waals surface area contributed by atoms with E-state index >= 15 is 0 Å². The number of carbonyl (C=O) groups excluding carboxylic acids is 1. The third-order valence-corrected chi connectivity index (χ3v) is 4.17. The van der Waals surface area contributed by atoms with Gasteiger partial charge in [-0.1, -0.05) is 30.3 Å². The number of hydrogen-bond acceptors (Lipinski definition) is 5. The minimum Gasteiger partial charge on any atom is -0.468 e. The Morgan fingerprint density at radius 1 is 1.19 bits per heavy atom. The van der Waals surface area contributed by atoms with E-state index in [9.17, 15) is 4.79 Å². The van der Waals surface area contributed by atoms with Gasteiger partial charge in [-0.15, -0.1) is 0 Å². The molecule has 0 saturated heterocycles. The molecule has 0 fully saturated rings. The maximum Gasteiger partial charge on any atom is 0.220 e. The van der Waals surface area contributed by atoms with E-state index in [1.807, 2.05) is 61.5 Å². The summed E-state index contributed by atoms with van der Waals surface area (Å²) in [6.45, 7) is 0.486. The number of carbonyl (C=O) groups is 1. The zero-order valence-electron chi connectivity index (χ0n) is 15.0. The van der Waals surface area contributed by atoms with Crippen molar-refractivity contribution in [1.29, 1.82) is 0 Å². The van der Waals surface area contributed by atoms with Crippen molar-refractivity contribution in [2.45, 2.75) is 18.9 Å². The van der Waals surface area contributed by atoms with Crippen molar-refractivity contribution in [3.8, 4) is 11.3 Å². The number of aryl methyl sites for hydroxylation is 1. The van der Waals surface area contributed by atoms with Crippen molar-refractivity contribution < 1.29 is 13.6 Å². The monoisotopic (exact) mass is 353 g/mol. The summed E-state index contributed by atoms with van der Waals surface area (Å²) in [4.78, 5) is 18.4. The topological polar surface area (TPSA) is 71.5 Å². The minimum atomic E-state index is -0.0390. The van der Waals surface area contributed by atoms with Gasteiger partial charge in [0.15, 0.2) is 11.7 Å². The zero-order chi connectivity index (χ0) is 18.4. The Bertz CT molecular complexity index is 810. The van der Waals surface area contributed by atoms with Gasteiger partial charge in [0.2, 0.25) is 5.91 Å². The molecule has 1 aromatic carbocycles. The normalized spacial score (nSPS) is 12.3. The number of likely N-dealkylation sites (N-methyl/N-ethyl adjacent to an activating group) is 1. The lowest BCUT2D eigenvalue weighted by Crippen LogP contribution is -2.34. The summed E-state index contributed by atoms with van der Waals surface area (Å²) in [7, 11) is 3.91. The highest BCUT2D eigenvalue weighted by Gasteiger charge is 2.18. The molecule has 136 valence electrons. The lowest BCUT2D eigenvalue weighted by Gasteiger charge is -2.22. The van der Waals surface area contributed by atoms with Crippen LogP contribution in [0, 0.1) is 0 Å². The van der Waals surface area contributed by atoms with Crippen LogP contribution in [-0.4, -0.2) is 36.4 Å². The van der Waals surface area contributed by atoms with E-state index in [0.29, 0.717) is 31.0 Å². The average Bonchev–Trinajstić information content (AvgIpc) is 3.33. The highest BCUT2D eigenvalue weighted by atomic mass is 16.4. The fraction of sp³-hybridized carbons (Fsp3) is 0.300. The van der Waals surface area contributed by atoms with Gasteiger partial charge in [0.1, 0.15) is 5.76 Å². The van der Waals surface area contributed by atoms with Crippen LogP contribution in [0.25, 0.3) is 11.3 Å². The Kier molecular flexibility index (Phi) is 5.86. The standard InChI is InChI=1S/C20H23N3O3/c1-23(2)16(17-9-6-12-25-17)13-21-19(24)10-11-20-22-14-18(26-20)15-7-4-3-5-8-15/h3-9,12,14,16H,10-11,13H2,1-2H3,(H,21,24)/t16-/m0/s1. The first-order valence-electron chi connectivity index (χ1n) is 8.60. The fourth-order valence-corrected chi connectivity index (χ4v) is 2.70. The van der Waals surface area contributed by atoms with Gasteiger partial charge in [0.25, 0.3) is 0 Å². The van der Waals surface area contributed by atoms with Gasteiger partial charge >= 0.3 is 0 Å². The molecular formula is C20H23N3O3. The first kappa shape index (κ1) is 17.9. The molecule has 3 aromatic rings. The second kappa shape index (κ2) is 8.49. The summed E-state index contributed by atoms with van der Waals surface area (Å²) in [5.41, 5.74) is 0.975. The number of benzene rings is 1. The van der Waals surface area contributed by atoms with Gasteiger partial charge in [-0.3, -0.25) is 9.69 Å². The van der Waals surface area contributed by atoms with Crippen LogP contribution >= 0.6 is 0 Å². The molecule has 1 amide bonds. The van der Waals surface area contributed by atoms with Gasteiger partial charge in [0.05, 0.1) is 18.5 Å². The molecule has 1 atom stereocenters. The summed E-state index contributed by atoms with van der Waals surface area (Å²) in [6.07, 6.45) is 4.13. The largest absolute Gasteiger partial charge is 0.468 e. The molecule has 6 heteroatoms. The van der Waals surface area contributed by atoms with Crippen molar-refractivity contribution in [3.63, 3.8) is 0 Å². The van der Waals surface area contributed by atoms with Crippen LogP contribution in [-0.2, 0) is 11.2 Å². The quantitative estimate of drug-likeness (QED) is 0.673. The Hall–Kier alpha value is -2.86. The molecule has 2 heterocycles. The first-order valence-corrected chi connectivity index (χ1v) is 8.60. The lowest BCUT2D eigenvalue weighted by atomic mass is 10.2. The third-order valence-electron chi connectivity index (χ3n) is 4.17. The molecule has 0 saturated carbocycles. The predicted octanol–water partition coefficient (Wildman–Crippen LogP) is 3.29. The van der Waals surface area contributed by atoms with Gasteiger partial charge in [-0.05, 0) is 26.2 Å². The first-order chi connectivity index (χ1) is 12.6. The van der Waals surface area contributed by atoms with Crippen LogP contribution in [0.1, 0.15) is 24.1 Å². The van der Waals surface area contributed by atoms with Crippen molar-refractivity contribution in [2.75, 3.05) is 20.6 Å². The van der Waals surface area contributed by atoms with Crippen LogP contribution in [0.4, 0.5) is 0 Å². The summed E-state index contributed by atoms with van der Waals surface area (Å²) < 4.78 is 11.2. The second-order valence-corrected chi connectivity index (χ2v) is 6.28. The summed E-state index contributed by atoms with van der Waals surface area (Å²) >= 11 is 0. The molecule has 2 aromatic heterocycles. The Morgan fingerprint density at radius 3 is 2.69 bits per heavy atom. The predicted molar refractivity (Wildman–Crippen MR) is 98.4 cm³/mol. The van der Waals surface area contributed by atoms with E-state index in [1.54, 1.807) is 12.5 Å². The van der Waals surface area contributed by atoms with E-state index in [0.717, 1.165) is 11.3 Å². The summed E-state index contributed by atoms with van der Waals surface area (Å²) in [5, 5.41) is 2.95. The number of rotatable bonds is 8. The molecule has 0 aliphatic carbocycles. The number of amides is 1. The maximum absolute atomic E-state index is 12.2. The third kappa shape index (κ3) is 4.61. The van der Waals surface area contributed by atoms with Gasteiger partial charge in [-0.25, -0.2) is 4.98 Å². The molecule has 0 spiro atoms. The molecule has 0 aliphatic rings. The highest BCUT2D eigenvalue weighted by Crippen LogP contribution is 2.20. The molecule has 0 radical (unpaired) electrons. The number of aromatic nitrogens is 1. The van der Waals surface area contributed by atoms with Crippen molar-refractivity contribution in [1.82, 2.24) is 15.2 Å². The van der Waals surface area contributed by atoms with E-state index in [-0.39, 0.29) is 11.9 Å². The van der Waals surface area contributed by atoms with E-state index in [2.05, 4.69) is 10.3 Å². The average molecular weight is 353 g/mol. The Balaban J connectivity index is 1.49. The van der Waals surface area contributed by atoms with Gasteiger partial charge in [-0.2, -0.15) is 0 Å². The van der Waals surface area contributed by atoms with Crippen LogP contribution in [0.15, 0.2) is 63.8 Å². The molecular weight excluding hydrogens is 330 g/mol. The van der Waals surface area contributed by atoms with Crippen molar-refractivity contribution >= 4 is 5.91 Å². The van der Waals surface area contributed by atoms with Crippen LogP contribution in [0.5, 0.6) is 0 Å². The number of hydrogen-bond donors (Lipinski definition) is 1. The van der Waals surface area contributed by atoms with Gasteiger partial charge in [0, 0.05) is 24.9 Å². The lowest BCUT2D eigenvalue weighted by molar-refractivity contribution is -0.121. The smallest absolute Gasteiger partial charge is 0.220 e. The molecule has 0 bridgehead atoms. The van der Waals surface area contributed by atoms with Crippen molar-refractivity contribution in [3.05, 3.63) is 66.6 Å². The summed E-state index contributed by atoms with van der Waals surface area (Å²) in [6, 6.07) is 13.5. The molecule has 1 N–H and O–H groups in total. The number of nitrogens with zero attached hydrogens (tertiary/aromatic N) is 2. The van der Waals surface area contributed by atoms with Gasteiger partial charge < -0.3 is 14.2 Å². The van der Waals surface area contributed by atoms with E-state index in [1.165, 1.54) is 0 Å².